The Labute approximate surface area is 204 Å². The smallest absolute Gasteiger partial charge is 0.128 e. The van der Waals surface area contributed by atoms with Gasteiger partial charge in [0.25, 0.3) is 0 Å². The number of nitrogens with zero attached hydrogens (tertiary/aromatic N) is 3. The minimum atomic E-state index is 0.113. The molecule has 0 saturated carbocycles. The van der Waals surface area contributed by atoms with Crippen molar-refractivity contribution in [2.24, 2.45) is 0 Å². The summed E-state index contributed by atoms with van der Waals surface area (Å²) >= 11 is 3.77. The van der Waals surface area contributed by atoms with Gasteiger partial charge in [0.15, 0.2) is 0 Å². The highest BCUT2D eigenvalue weighted by Crippen LogP contribution is 2.28. The van der Waals surface area contributed by atoms with E-state index in [1.807, 2.05) is 48.7 Å². The zero-order valence-corrected chi connectivity index (χ0v) is 20.4. The van der Waals surface area contributed by atoms with Crippen LogP contribution in [0.25, 0.3) is 11.3 Å². The molecule has 0 radical (unpaired) electrons. The molecule has 0 amide bonds. The van der Waals surface area contributed by atoms with Crippen LogP contribution >= 0.6 is 15.9 Å². The molecule has 1 aromatic heterocycles. The topological polar surface area (TPSA) is 39.6 Å². The number of anilines is 1. The molecule has 2 aromatic carbocycles. The van der Waals surface area contributed by atoms with E-state index in [9.17, 15) is 5.11 Å². The van der Waals surface area contributed by atoms with Gasteiger partial charge in [0.2, 0.25) is 0 Å². The lowest BCUT2D eigenvalue weighted by atomic mass is 10.0. The minimum Gasteiger partial charge on any atom is -0.508 e. The van der Waals surface area contributed by atoms with E-state index < -0.39 is 0 Å². The van der Waals surface area contributed by atoms with E-state index in [-0.39, 0.29) is 5.76 Å². The average molecular weight is 502 g/mol. The van der Waals surface area contributed by atoms with Crippen molar-refractivity contribution in [1.29, 1.82) is 0 Å². The van der Waals surface area contributed by atoms with Crippen molar-refractivity contribution in [3.8, 4) is 0 Å². The number of benzene rings is 2. The summed E-state index contributed by atoms with van der Waals surface area (Å²) in [5.41, 5.74) is 5.49. The molecule has 2 heterocycles. The van der Waals surface area contributed by atoms with Crippen LogP contribution in [0.15, 0.2) is 96.3 Å². The number of halogens is 1. The lowest BCUT2D eigenvalue weighted by molar-refractivity contribution is 0.377. The van der Waals surface area contributed by atoms with Gasteiger partial charge in [0, 0.05) is 42.9 Å². The maximum atomic E-state index is 9.90. The van der Waals surface area contributed by atoms with Gasteiger partial charge in [0.05, 0.1) is 0 Å². The molecule has 1 aliphatic heterocycles. The molecule has 0 aliphatic carbocycles. The van der Waals surface area contributed by atoms with Gasteiger partial charge in [-0.15, -0.1) is 0 Å². The second kappa shape index (κ2) is 10.5. The monoisotopic (exact) mass is 501 g/mol. The summed E-state index contributed by atoms with van der Waals surface area (Å²) in [4.78, 5) is 8.84. The summed E-state index contributed by atoms with van der Waals surface area (Å²) < 4.78 is 1.09. The molecule has 4 rings (SSSR count). The Morgan fingerprint density at radius 3 is 2.70 bits per heavy atom. The summed E-state index contributed by atoms with van der Waals surface area (Å²) in [7, 11) is 2.05. The van der Waals surface area contributed by atoms with Crippen LogP contribution in [0, 0.1) is 0 Å². The molecule has 5 heteroatoms. The summed E-state index contributed by atoms with van der Waals surface area (Å²) in [5.74, 6) is 1.07. The van der Waals surface area contributed by atoms with E-state index in [0.29, 0.717) is 0 Å². The summed E-state index contributed by atoms with van der Waals surface area (Å²) in [6, 6.07) is 20.4. The fourth-order valence-electron chi connectivity index (χ4n) is 3.99. The molecule has 1 aliphatic rings. The van der Waals surface area contributed by atoms with Gasteiger partial charge in [-0.3, -0.25) is 0 Å². The van der Waals surface area contributed by atoms with E-state index >= 15 is 0 Å². The van der Waals surface area contributed by atoms with E-state index in [0.717, 1.165) is 47.5 Å². The molecule has 0 atom stereocenters. The van der Waals surface area contributed by atoms with Crippen molar-refractivity contribution in [1.82, 2.24) is 9.88 Å². The zero-order chi connectivity index (χ0) is 23.2. The highest BCUT2D eigenvalue weighted by Gasteiger charge is 2.12. The first-order valence-electron chi connectivity index (χ1n) is 11.0. The van der Waals surface area contributed by atoms with Gasteiger partial charge < -0.3 is 14.9 Å². The number of hydrogen-bond acceptors (Lipinski definition) is 4. The Morgan fingerprint density at radius 1 is 1.12 bits per heavy atom. The number of pyridine rings is 1. The highest BCUT2D eigenvalue weighted by atomic mass is 79.9. The van der Waals surface area contributed by atoms with Crippen LogP contribution in [0.2, 0.25) is 0 Å². The number of aromatic nitrogens is 1. The molecule has 1 N–H and O–H groups in total. The Balaban J connectivity index is 1.46. The van der Waals surface area contributed by atoms with Gasteiger partial charge >= 0.3 is 0 Å². The van der Waals surface area contributed by atoms with Crippen molar-refractivity contribution >= 4 is 33.1 Å². The predicted molar refractivity (Wildman–Crippen MR) is 141 cm³/mol. The summed E-state index contributed by atoms with van der Waals surface area (Å²) in [6.45, 7) is 6.12. The Morgan fingerprint density at radius 2 is 1.94 bits per heavy atom. The molecule has 33 heavy (non-hydrogen) atoms. The van der Waals surface area contributed by atoms with Crippen LogP contribution in [0.3, 0.4) is 0 Å². The second-order valence-corrected chi connectivity index (χ2v) is 9.04. The van der Waals surface area contributed by atoms with Gasteiger partial charge in [-0.1, -0.05) is 71.0 Å². The summed E-state index contributed by atoms with van der Waals surface area (Å²) in [5, 5.41) is 9.90. The molecule has 0 saturated heterocycles. The maximum Gasteiger partial charge on any atom is 0.128 e. The average Bonchev–Trinajstić information content (AvgIpc) is 3.07. The van der Waals surface area contributed by atoms with Crippen LogP contribution in [0.1, 0.15) is 28.7 Å². The molecular formula is C28H28BrN3O. The van der Waals surface area contributed by atoms with Gasteiger partial charge in [-0.2, -0.15) is 0 Å². The van der Waals surface area contributed by atoms with Crippen molar-refractivity contribution in [2.45, 2.75) is 19.5 Å². The van der Waals surface area contributed by atoms with Crippen LogP contribution < -0.4 is 4.90 Å². The zero-order valence-electron chi connectivity index (χ0n) is 18.8. The van der Waals surface area contributed by atoms with Crippen LogP contribution in [-0.2, 0) is 13.1 Å². The molecule has 0 unspecified atom stereocenters. The maximum absolute atomic E-state index is 9.90. The number of rotatable bonds is 7. The third-order valence-electron chi connectivity index (χ3n) is 5.78. The highest BCUT2D eigenvalue weighted by molar-refractivity contribution is 9.10. The standard InChI is InChI=1S/C28H28BrN3O/c1-21(33)26-10-4-3-8-24(26)20-32-16-7-9-22(14-17-32)23-12-13-25(27(29)18-23)19-31(2)28-11-5-6-15-30-28/h3-6,8-15,17-18,33H,1,7,16,19-20H2,2H3. The Kier molecular flexibility index (Phi) is 7.30. The fraction of sp³-hybridized carbons (Fsp3) is 0.179. The van der Waals surface area contributed by atoms with E-state index in [4.69, 9.17) is 0 Å². The number of hydrogen-bond donors (Lipinski definition) is 1. The molecule has 4 nitrogen and oxygen atoms in total. The number of aliphatic hydroxyl groups is 1. The van der Waals surface area contributed by atoms with Gasteiger partial charge in [-0.25, -0.2) is 4.98 Å². The predicted octanol–water partition coefficient (Wildman–Crippen LogP) is 6.81. The Hall–Kier alpha value is -3.31. The second-order valence-electron chi connectivity index (χ2n) is 8.19. The first-order chi connectivity index (χ1) is 16.0. The lowest BCUT2D eigenvalue weighted by Gasteiger charge is -2.20. The van der Waals surface area contributed by atoms with Crippen molar-refractivity contribution in [2.75, 3.05) is 18.5 Å². The largest absolute Gasteiger partial charge is 0.508 e. The minimum absolute atomic E-state index is 0.113. The lowest BCUT2D eigenvalue weighted by Crippen LogP contribution is -2.18. The third-order valence-corrected chi connectivity index (χ3v) is 6.52. The fourth-order valence-corrected chi connectivity index (χ4v) is 4.49. The molecule has 0 fully saturated rings. The van der Waals surface area contributed by atoms with Crippen LogP contribution in [0.4, 0.5) is 5.82 Å². The molecule has 3 aromatic rings. The van der Waals surface area contributed by atoms with E-state index in [1.165, 1.54) is 16.7 Å². The van der Waals surface area contributed by atoms with Crippen molar-refractivity contribution < 1.29 is 5.11 Å². The van der Waals surface area contributed by atoms with Gasteiger partial charge in [-0.05, 0) is 59.2 Å². The quantitative estimate of drug-likeness (QED) is 0.360. The first-order valence-corrected chi connectivity index (χ1v) is 11.8. The number of allylic oxidation sites excluding steroid dienone is 2. The summed E-state index contributed by atoms with van der Waals surface area (Å²) in [6.07, 6.45) is 9.37. The molecule has 168 valence electrons. The first kappa shape index (κ1) is 22.9. The van der Waals surface area contributed by atoms with Crippen LogP contribution in [0.5, 0.6) is 0 Å². The van der Waals surface area contributed by atoms with E-state index in [2.05, 4.69) is 80.9 Å². The van der Waals surface area contributed by atoms with E-state index in [1.54, 1.807) is 0 Å². The van der Waals surface area contributed by atoms with Gasteiger partial charge in [0.1, 0.15) is 11.6 Å². The molecular weight excluding hydrogens is 474 g/mol. The number of aliphatic hydroxyl groups excluding tert-OH is 1. The third kappa shape index (κ3) is 5.74. The molecule has 0 spiro atoms. The SMILES string of the molecule is C=C(O)c1ccccc1CN1C=CC(c2ccc(CN(C)c3ccccn3)c(Br)c2)=CCC1. The Bertz CT molecular complexity index is 1190. The normalized spacial score (nSPS) is 13.4. The van der Waals surface area contributed by atoms with Crippen molar-refractivity contribution in [3.63, 3.8) is 0 Å². The van der Waals surface area contributed by atoms with Crippen molar-refractivity contribution in [3.05, 3.63) is 119 Å². The van der Waals surface area contributed by atoms with Crippen LogP contribution in [-0.4, -0.2) is 28.6 Å². The molecule has 0 bridgehead atoms.